The number of aromatic nitrogens is 1. The summed E-state index contributed by atoms with van der Waals surface area (Å²) in [4.78, 5) is 2.50. The Hall–Kier alpha value is -0.840. The lowest BCUT2D eigenvalue weighted by molar-refractivity contribution is 0.0362. The second-order valence-electron chi connectivity index (χ2n) is 5.79. The highest BCUT2D eigenvalue weighted by Crippen LogP contribution is 2.30. The molecule has 0 amide bonds. The fourth-order valence-electron chi connectivity index (χ4n) is 3.38. The average molecular weight is 263 g/mol. The average Bonchev–Trinajstić information content (AvgIpc) is 2.75. The first-order chi connectivity index (χ1) is 9.25. The van der Waals surface area contributed by atoms with Crippen molar-refractivity contribution in [3.63, 3.8) is 0 Å². The number of nitrogens with zero attached hydrogens (tertiary/aromatic N) is 2. The predicted molar refractivity (Wildman–Crippen MR) is 76.3 cm³/mol. The van der Waals surface area contributed by atoms with Gasteiger partial charge < -0.3 is 15.0 Å². The predicted octanol–water partition coefficient (Wildman–Crippen LogP) is 1.46. The zero-order valence-electron chi connectivity index (χ0n) is 11.9. The third kappa shape index (κ3) is 2.71. The van der Waals surface area contributed by atoms with Gasteiger partial charge in [-0.2, -0.15) is 0 Å². The third-order valence-electron chi connectivity index (χ3n) is 4.52. The van der Waals surface area contributed by atoms with Crippen LogP contribution in [0.3, 0.4) is 0 Å². The molecule has 0 spiro atoms. The Morgan fingerprint density at radius 3 is 2.89 bits per heavy atom. The van der Waals surface area contributed by atoms with Gasteiger partial charge in [-0.15, -0.1) is 0 Å². The zero-order valence-corrected chi connectivity index (χ0v) is 11.9. The lowest BCUT2D eigenvalue weighted by Crippen LogP contribution is -2.38. The van der Waals surface area contributed by atoms with Crippen LogP contribution in [-0.2, 0) is 17.7 Å². The molecule has 0 saturated carbocycles. The zero-order chi connectivity index (χ0) is 13.2. The van der Waals surface area contributed by atoms with Gasteiger partial charge in [-0.1, -0.05) is 0 Å². The van der Waals surface area contributed by atoms with Crippen LogP contribution >= 0.6 is 0 Å². The van der Waals surface area contributed by atoms with Crippen LogP contribution in [0.2, 0.25) is 0 Å². The minimum Gasteiger partial charge on any atom is -0.379 e. The van der Waals surface area contributed by atoms with Crippen LogP contribution in [0, 0.1) is 6.92 Å². The van der Waals surface area contributed by atoms with Crippen LogP contribution in [-0.4, -0.2) is 42.3 Å². The van der Waals surface area contributed by atoms with E-state index in [1.807, 2.05) is 0 Å². The molecule has 2 N–H and O–H groups in total. The first-order valence-corrected chi connectivity index (χ1v) is 7.50. The highest BCUT2D eigenvalue weighted by molar-refractivity contribution is 5.32. The van der Waals surface area contributed by atoms with E-state index in [1.54, 1.807) is 0 Å². The Balaban J connectivity index is 1.70. The topological polar surface area (TPSA) is 43.4 Å². The maximum Gasteiger partial charge on any atom is 0.0594 e. The highest BCUT2D eigenvalue weighted by Gasteiger charge is 2.22. The van der Waals surface area contributed by atoms with Crippen LogP contribution in [0.15, 0.2) is 6.07 Å². The largest absolute Gasteiger partial charge is 0.379 e. The van der Waals surface area contributed by atoms with Crippen molar-refractivity contribution in [2.75, 3.05) is 32.8 Å². The summed E-state index contributed by atoms with van der Waals surface area (Å²) < 4.78 is 7.89. The summed E-state index contributed by atoms with van der Waals surface area (Å²) in [6.07, 6.45) is 3.56. The van der Waals surface area contributed by atoms with Gasteiger partial charge in [0.15, 0.2) is 0 Å². The van der Waals surface area contributed by atoms with Gasteiger partial charge in [-0.05, 0) is 37.8 Å². The molecule has 4 nitrogen and oxygen atoms in total. The van der Waals surface area contributed by atoms with Gasteiger partial charge in [-0.25, -0.2) is 0 Å². The number of aryl methyl sites for hydroxylation is 1. The van der Waals surface area contributed by atoms with E-state index in [1.165, 1.54) is 29.8 Å². The molecule has 106 valence electrons. The van der Waals surface area contributed by atoms with Gasteiger partial charge >= 0.3 is 0 Å². The van der Waals surface area contributed by atoms with E-state index in [4.69, 9.17) is 10.5 Å². The molecule has 1 saturated heterocycles. The molecule has 0 aromatic carbocycles. The van der Waals surface area contributed by atoms with Gasteiger partial charge in [0.05, 0.1) is 13.2 Å². The van der Waals surface area contributed by atoms with E-state index >= 15 is 0 Å². The Morgan fingerprint density at radius 2 is 2.11 bits per heavy atom. The normalized spacial score (nSPS) is 24.4. The molecule has 2 heterocycles. The Labute approximate surface area is 115 Å². The van der Waals surface area contributed by atoms with Gasteiger partial charge in [-0.3, -0.25) is 4.90 Å². The molecular formula is C15H25N3O. The maximum atomic E-state index is 6.23. The van der Waals surface area contributed by atoms with Gasteiger partial charge in [0.2, 0.25) is 0 Å². The van der Waals surface area contributed by atoms with E-state index in [-0.39, 0.29) is 6.04 Å². The summed E-state index contributed by atoms with van der Waals surface area (Å²) in [6, 6.07) is 2.56. The molecule has 1 unspecified atom stereocenters. The number of morpholine rings is 1. The smallest absolute Gasteiger partial charge is 0.0594 e. The van der Waals surface area contributed by atoms with Crippen molar-refractivity contribution in [1.29, 1.82) is 0 Å². The molecule has 1 aliphatic carbocycles. The number of hydrogen-bond donors (Lipinski definition) is 1. The molecule has 1 aliphatic heterocycles. The summed E-state index contributed by atoms with van der Waals surface area (Å²) in [5, 5.41) is 0. The number of hydrogen-bond acceptors (Lipinski definition) is 3. The summed E-state index contributed by atoms with van der Waals surface area (Å²) in [5.74, 6) is 0. The SMILES string of the molecule is Cc1cc2c(n1CCN1CCOCC1)CCCC2N. The first kappa shape index (κ1) is 13.2. The maximum absolute atomic E-state index is 6.23. The molecule has 1 aromatic heterocycles. The highest BCUT2D eigenvalue weighted by atomic mass is 16.5. The van der Waals surface area contributed by atoms with Crippen molar-refractivity contribution >= 4 is 0 Å². The molecule has 2 aliphatic rings. The van der Waals surface area contributed by atoms with Crippen molar-refractivity contribution in [3.05, 3.63) is 23.0 Å². The standard InChI is InChI=1S/C15H25N3O/c1-12-11-13-14(16)3-2-4-15(13)18(12)6-5-17-7-9-19-10-8-17/h11,14H,2-10,16H2,1H3. The lowest BCUT2D eigenvalue weighted by atomic mass is 9.93. The van der Waals surface area contributed by atoms with Crippen LogP contribution in [0.25, 0.3) is 0 Å². The van der Waals surface area contributed by atoms with Gasteiger partial charge in [0.25, 0.3) is 0 Å². The first-order valence-electron chi connectivity index (χ1n) is 7.50. The van der Waals surface area contributed by atoms with Gasteiger partial charge in [0.1, 0.15) is 0 Å². The molecule has 1 aromatic rings. The van der Waals surface area contributed by atoms with Crippen molar-refractivity contribution in [1.82, 2.24) is 9.47 Å². The molecule has 19 heavy (non-hydrogen) atoms. The molecule has 1 fully saturated rings. The number of nitrogens with two attached hydrogens (primary N) is 1. The Kier molecular flexibility index (Phi) is 3.91. The molecule has 3 rings (SSSR count). The van der Waals surface area contributed by atoms with Crippen LogP contribution in [0.1, 0.15) is 35.8 Å². The lowest BCUT2D eigenvalue weighted by Gasteiger charge is -2.28. The van der Waals surface area contributed by atoms with Crippen molar-refractivity contribution in [2.24, 2.45) is 5.73 Å². The fourth-order valence-corrected chi connectivity index (χ4v) is 3.38. The number of rotatable bonds is 3. The van der Waals surface area contributed by atoms with Crippen LogP contribution < -0.4 is 5.73 Å². The second kappa shape index (κ2) is 5.65. The number of fused-ring (bicyclic) bond motifs is 1. The molecule has 4 heteroatoms. The van der Waals surface area contributed by atoms with Gasteiger partial charge in [0, 0.05) is 43.6 Å². The number of ether oxygens (including phenoxy) is 1. The van der Waals surface area contributed by atoms with Crippen LogP contribution in [0.4, 0.5) is 0 Å². The Bertz CT molecular complexity index is 435. The van der Waals surface area contributed by atoms with E-state index < -0.39 is 0 Å². The van der Waals surface area contributed by atoms with E-state index in [0.717, 1.165) is 45.8 Å². The van der Waals surface area contributed by atoms with E-state index in [0.29, 0.717) is 0 Å². The molecule has 0 radical (unpaired) electrons. The summed E-state index contributed by atoms with van der Waals surface area (Å²) >= 11 is 0. The Morgan fingerprint density at radius 1 is 1.32 bits per heavy atom. The summed E-state index contributed by atoms with van der Waals surface area (Å²) in [6.45, 7) is 8.34. The van der Waals surface area contributed by atoms with Crippen molar-refractivity contribution in [3.8, 4) is 0 Å². The molecular weight excluding hydrogens is 238 g/mol. The van der Waals surface area contributed by atoms with E-state index in [9.17, 15) is 0 Å². The van der Waals surface area contributed by atoms with Crippen LogP contribution in [0.5, 0.6) is 0 Å². The summed E-state index contributed by atoms with van der Waals surface area (Å²) in [5.41, 5.74) is 10.5. The third-order valence-corrected chi connectivity index (χ3v) is 4.52. The minimum atomic E-state index is 0.257. The van der Waals surface area contributed by atoms with Crippen molar-refractivity contribution < 1.29 is 4.74 Å². The van der Waals surface area contributed by atoms with E-state index in [2.05, 4.69) is 22.5 Å². The van der Waals surface area contributed by atoms with Crippen molar-refractivity contribution in [2.45, 2.75) is 38.8 Å². The molecule has 1 atom stereocenters. The fraction of sp³-hybridized carbons (Fsp3) is 0.733. The molecule has 0 bridgehead atoms. The minimum absolute atomic E-state index is 0.257. The second-order valence-corrected chi connectivity index (χ2v) is 5.79. The summed E-state index contributed by atoms with van der Waals surface area (Å²) in [7, 11) is 0. The monoisotopic (exact) mass is 263 g/mol. The quantitative estimate of drug-likeness (QED) is 0.898.